The molecule has 0 spiro atoms. The molecule has 3 atom stereocenters. The molecule has 180 valence electrons. The van der Waals surface area contributed by atoms with Crippen LogP contribution in [0.1, 0.15) is 58.9 Å². The van der Waals surface area contributed by atoms with Gasteiger partial charge in [-0.3, -0.25) is 4.79 Å². The van der Waals surface area contributed by atoms with Gasteiger partial charge in [0.1, 0.15) is 11.8 Å². The van der Waals surface area contributed by atoms with Gasteiger partial charge in [0.25, 0.3) is 0 Å². The van der Waals surface area contributed by atoms with Gasteiger partial charge in [0.15, 0.2) is 0 Å². The van der Waals surface area contributed by atoms with E-state index in [9.17, 15) is 19.8 Å². The zero-order valence-electron chi connectivity index (χ0n) is 20.2. The Hall–Kier alpha value is -2.34. The van der Waals surface area contributed by atoms with Crippen LogP contribution in [0.25, 0.3) is 0 Å². The number of benzene rings is 1. The Morgan fingerprint density at radius 1 is 1.06 bits per heavy atom. The second kappa shape index (κ2) is 14.7. The Morgan fingerprint density at radius 3 is 2.25 bits per heavy atom. The molecule has 0 aromatic heterocycles. The van der Waals surface area contributed by atoms with Crippen molar-refractivity contribution in [3.8, 4) is 5.75 Å². The van der Waals surface area contributed by atoms with E-state index >= 15 is 0 Å². The van der Waals surface area contributed by atoms with Gasteiger partial charge < -0.3 is 20.3 Å². The van der Waals surface area contributed by atoms with Gasteiger partial charge in [0, 0.05) is 18.9 Å². The lowest BCUT2D eigenvalue weighted by molar-refractivity contribution is -0.145. The highest BCUT2D eigenvalue weighted by atomic mass is 16.5. The molecule has 0 aliphatic rings. The average molecular weight is 448 g/mol. The molecule has 3 N–H and O–H groups in total. The molecule has 0 radical (unpaired) electrons. The molecule has 6 heteroatoms. The lowest BCUT2D eigenvalue weighted by Gasteiger charge is -2.28. The van der Waals surface area contributed by atoms with E-state index in [2.05, 4.69) is 45.2 Å². The Balaban J connectivity index is 3.09. The number of methoxy groups -OCH3 is 1. The van der Waals surface area contributed by atoms with E-state index in [1.54, 1.807) is 24.3 Å². The number of phenolic OH excluding ortho intramolecular Hbond substituents is 1. The standard InChI is InChI=1S/C26H41NO5/c1-18(2)9-12-21(8-6-7-15-28)23(16-19(3)4)25(30)27-24(26(31)32-5)17-20-10-13-22(29)14-11-20/h9-14,18-19,21,23-24,28-29H,6-8,15-17H2,1-5H3,(H,27,30)/b12-9+/t21-,23-,24+/m1/s1. The summed E-state index contributed by atoms with van der Waals surface area (Å²) in [5.74, 6) is -0.0803. The highest BCUT2D eigenvalue weighted by Gasteiger charge is 2.31. The molecule has 0 saturated carbocycles. The van der Waals surface area contributed by atoms with Gasteiger partial charge in [-0.2, -0.15) is 0 Å². The third kappa shape index (κ3) is 10.3. The van der Waals surface area contributed by atoms with Crippen LogP contribution in [-0.2, 0) is 20.7 Å². The summed E-state index contributed by atoms with van der Waals surface area (Å²) < 4.78 is 4.94. The number of amides is 1. The minimum absolute atomic E-state index is 0.0262. The summed E-state index contributed by atoms with van der Waals surface area (Å²) in [5.41, 5.74) is 0.818. The van der Waals surface area contributed by atoms with Gasteiger partial charge in [-0.25, -0.2) is 4.79 Å². The van der Waals surface area contributed by atoms with E-state index in [0.29, 0.717) is 24.7 Å². The quantitative estimate of drug-likeness (QED) is 0.225. The van der Waals surface area contributed by atoms with Gasteiger partial charge in [-0.1, -0.05) is 58.4 Å². The van der Waals surface area contributed by atoms with Crippen molar-refractivity contribution in [3.63, 3.8) is 0 Å². The number of nitrogens with one attached hydrogen (secondary N) is 1. The van der Waals surface area contributed by atoms with Gasteiger partial charge >= 0.3 is 5.97 Å². The first-order chi connectivity index (χ1) is 15.2. The van der Waals surface area contributed by atoms with Gasteiger partial charge in [0.2, 0.25) is 5.91 Å². The van der Waals surface area contributed by atoms with Crippen LogP contribution in [0.3, 0.4) is 0 Å². The van der Waals surface area contributed by atoms with Crippen molar-refractivity contribution in [2.45, 2.75) is 65.8 Å². The summed E-state index contributed by atoms with van der Waals surface area (Å²) in [6.07, 6.45) is 7.57. The maximum Gasteiger partial charge on any atom is 0.328 e. The predicted octanol–water partition coefficient (Wildman–Crippen LogP) is 4.25. The molecule has 6 nitrogen and oxygen atoms in total. The fourth-order valence-corrected chi connectivity index (χ4v) is 3.75. The Kier molecular flexibility index (Phi) is 12.7. The number of carbonyl (C=O) groups is 2. The number of aliphatic hydroxyl groups excluding tert-OH is 1. The molecule has 0 bridgehead atoms. The molecule has 0 unspecified atom stereocenters. The lowest BCUT2D eigenvalue weighted by Crippen LogP contribution is -2.47. The number of aliphatic hydroxyl groups is 1. The summed E-state index contributed by atoms with van der Waals surface area (Å²) >= 11 is 0. The van der Waals surface area contributed by atoms with Crippen molar-refractivity contribution < 1.29 is 24.5 Å². The fourth-order valence-electron chi connectivity index (χ4n) is 3.75. The fraction of sp³-hybridized carbons (Fsp3) is 0.615. The second-order valence-electron chi connectivity index (χ2n) is 9.20. The molecule has 0 saturated heterocycles. The molecule has 0 aliphatic carbocycles. The monoisotopic (exact) mass is 447 g/mol. The number of aromatic hydroxyl groups is 1. The highest BCUT2D eigenvalue weighted by molar-refractivity contribution is 5.86. The van der Waals surface area contributed by atoms with E-state index in [1.165, 1.54) is 7.11 Å². The van der Waals surface area contributed by atoms with Crippen molar-refractivity contribution in [1.29, 1.82) is 0 Å². The lowest BCUT2D eigenvalue weighted by atomic mass is 9.81. The van der Waals surface area contributed by atoms with Crippen molar-refractivity contribution >= 4 is 11.9 Å². The molecule has 0 fully saturated rings. The van der Waals surface area contributed by atoms with Crippen LogP contribution in [0.4, 0.5) is 0 Å². The normalized spacial score (nSPS) is 14.5. The van der Waals surface area contributed by atoms with E-state index in [1.807, 2.05) is 0 Å². The maximum absolute atomic E-state index is 13.4. The molecule has 32 heavy (non-hydrogen) atoms. The van der Waals surface area contributed by atoms with Crippen LogP contribution in [-0.4, -0.2) is 41.8 Å². The number of esters is 1. The van der Waals surface area contributed by atoms with Crippen LogP contribution in [0.2, 0.25) is 0 Å². The summed E-state index contributed by atoms with van der Waals surface area (Å²) in [7, 11) is 1.31. The van der Waals surface area contributed by atoms with Crippen LogP contribution >= 0.6 is 0 Å². The van der Waals surface area contributed by atoms with E-state index < -0.39 is 12.0 Å². The van der Waals surface area contributed by atoms with E-state index in [-0.39, 0.29) is 36.5 Å². The molecule has 1 amide bonds. The minimum atomic E-state index is -0.807. The smallest absolute Gasteiger partial charge is 0.328 e. The Bertz CT molecular complexity index is 711. The van der Waals surface area contributed by atoms with Crippen molar-refractivity contribution in [2.24, 2.45) is 23.7 Å². The second-order valence-corrected chi connectivity index (χ2v) is 9.20. The van der Waals surface area contributed by atoms with Crippen LogP contribution in [0, 0.1) is 23.7 Å². The van der Waals surface area contributed by atoms with Crippen molar-refractivity contribution in [3.05, 3.63) is 42.0 Å². The maximum atomic E-state index is 13.4. The first kappa shape index (κ1) is 27.7. The van der Waals surface area contributed by atoms with Crippen LogP contribution in [0.15, 0.2) is 36.4 Å². The van der Waals surface area contributed by atoms with Crippen molar-refractivity contribution in [2.75, 3.05) is 13.7 Å². The largest absolute Gasteiger partial charge is 0.508 e. The van der Waals surface area contributed by atoms with Crippen LogP contribution < -0.4 is 5.32 Å². The first-order valence-corrected chi connectivity index (χ1v) is 11.6. The van der Waals surface area contributed by atoms with Gasteiger partial charge in [0.05, 0.1) is 7.11 Å². The Morgan fingerprint density at radius 2 is 1.72 bits per heavy atom. The molecule has 0 heterocycles. The van der Waals surface area contributed by atoms with Gasteiger partial charge in [-0.15, -0.1) is 0 Å². The first-order valence-electron chi connectivity index (χ1n) is 11.6. The molecule has 1 rings (SSSR count). The zero-order valence-corrected chi connectivity index (χ0v) is 20.2. The van der Waals surface area contributed by atoms with E-state index in [0.717, 1.165) is 18.4 Å². The number of ether oxygens (including phenoxy) is 1. The van der Waals surface area contributed by atoms with Gasteiger partial charge in [-0.05, 0) is 54.7 Å². The SMILES string of the molecule is COC(=O)[C@H](Cc1ccc(O)cc1)NC(=O)[C@H](CC(C)C)[C@@H](/C=C/C(C)C)CCCCO. The highest BCUT2D eigenvalue weighted by Crippen LogP contribution is 2.28. The number of phenols is 1. The molecule has 1 aromatic rings. The van der Waals surface area contributed by atoms with E-state index in [4.69, 9.17) is 4.74 Å². The third-order valence-corrected chi connectivity index (χ3v) is 5.45. The Labute approximate surface area is 193 Å². The number of carbonyl (C=O) groups excluding carboxylic acids is 2. The predicted molar refractivity (Wildman–Crippen MR) is 127 cm³/mol. The molecule has 1 aromatic carbocycles. The summed E-state index contributed by atoms with van der Waals surface area (Å²) in [6.45, 7) is 8.52. The average Bonchev–Trinajstić information content (AvgIpc) is 2.74. The molecular formula is C26H41NO5. The topological polar surface area (TPSA) is 95.9 Å². The summed E-state index contributed by atoms with van der Waals surface area (Å²) in [4.78, 5) is 25.9. The number of unbranched alkanes of at least 4 members (excludes halogenated alkanes) is 1. The minimum Gasteiger partial charge on any atom is -0.508 e. The summed E-state index contributed by atoms with van der Waals surface area (Å²) in [6, 6.07) is 5.76. The number of hydrogen-bond acceptors (Lipinski definition) is 5. The molecule has 0 aliphatic heterocycles. The third-order valence-electron chi connectivity index (χ3n) is 5.45. The zero-order chi connectivity index (χ0) is 24.1. The van der Waals surface area contributed by atoms with Crippen molar-refractivity contribution in [1.82, 2.24) is 5.32 Å². The summed E-state index contributed by atoms with van der Waals surface area (Å²) in [5, 5.41) is 21.6. The number of rotatable bonds is 14. The molecular weight excluding hydrogens is 406 g/mol. The number of allylic oxidation sites excluding steroid dienone is 2. The van der Waals surface area contributed by atoms with Crippen LogP contribution in [0.5, 0.6) is 5.75 Å². The number of hydrogen-bond donors (Lipinski definition) is 3.